The Bertz CT molecular complexity index is 1290. The van der Waals surface area contributed by atoms with E-state index in [-0.39, 0.29) is 23.7 Å². The Hall–Kier alpha value is -3.85. The van der Waals surface area contributed by atoms with Gasteiger partial charge < -0.3 is 20.9 Å². The zero-order valence-electron chi connectivity index (χ0n) is 21.8. The third kappa shape index (κ3) is 5.94. The SMILES string of the molecule is Cc1ccccc1-n1c(-c2ccccc2)c(C(=O)N2CCNCC2)n(CCCNC(=O)NC(C)C)c1=O. The van der Waals surface area contributed by atoms with Gasteiger partial charge in [0.1, 0.15) is 5.69 Å². The molecule has 0 unspecified atom stereocenters. The van der Waals surface area contributed by atoms with E-state index >= 15 is 0 Å². The lowest BCUT2D eigenvalue weighted by atomic mass is 10.1. The third-order valence-corrected chi connectivity index (χ3v) is 6.41. The number of piperazine rings is 1. The van der Waals surface area contributed by atoms with Gasteiger partial charge in [-0.05, 0) is 38.8 Å². The van der Waals surface area contributed by atoms with Crippen molar-refractivity contribution in [3.05, 3.63) is 76.3 Å². The molecule has 4 rings (SSSR count). The van der Waals surface area contributed by atoms with Gasteiger partial charge in [-0.1, -0.05) is 48.5 Å². The van der Waals surface area contributed by atoms with Gasteiger partial charge in [-0.25, -0.2) is 9.59 Å². The predicted octanol–water partition coefficient (Wildman–Crippen LogP) is 2.76. The number of carbonyl (C=O) groups excluding carboxylic acids is 2. The number of para-hydroxylation sites is 1. The molecule has 0 bridgehead atoms. The molecule has 0 aliphatic carbocycles. The average molecular weight is 505 g/mol. The fourth-order valence-electron chi connectivity index (χ4n) is 4.64. The lowest BCUT2D eigenvalue weighted by Gasteiger charge is -2.28. The maximum Gasteiger partial charge on any atom is 0.333 e. The highest BCUT2D eigenvalue weighted by atomic mass is 16.2. The van der Waals surface area contributed by atoms with Crippen LogP contribution in [0.15, 0.2) is 59.4 Å². The number of nitrogens with one attached hydrogen (secondary N) is 3. The number of benzene rings is 2. The second kappa shape index (κ2) is 11.9. The highest BCUT2D eigenvalue weighted by molar-refractivity contribution is 5.99. The Morgan fingerprint density at radius 1 is 1.00 bits per heavy atom. The Kier molecular flexibility index (Phi) is 8.45. The van der Waals surface area contributed by atoms with Crippen LogP contribution in [0.5, 0.6) is 0 Å². The van der Waals surface area contributed by atoms with Gasteiger partial charge in [0.15, 0.2) is 0 Å². The minimum atomic E-state index is -0.265. The van der Waals surface area contributed by atoms with Crippen LogP contribution in [0, 0.1) is 6.92 Å². The second-order valence-corrected chi connectivity index (χ2v) is 9.57. The van der Waals surface area contributed by atoms with Crippen LogP contribution in [0.1, 0.15) is 36.3 Å². The molecule has 0 radical (unpaired) electrons. The summed E-state index contributed by atoms with van der Waals surface area (Å²) in [5.74, 6) is -0.157. The van der Waals surface area contributed by atoms with Crippen LogP contribution < -0.4 is 21.6 Å². The Morgan fingerprint density at radius 3 is 2.35 bits per heavy atom. The molecule has 1 aliphatic heterocycles. The van der Waals surface area contributed by atoms with Gasteiger partial charge in [-0.15, -0.1) is 0 Å². The Morgan fingerprint density at radius 2 is 1.68 bits per heavy atom. The molecule has 1 fully saturated rings. The monoisotopic (exact) mass is 504 g/mol. The molecule has 37 heavy (non-hydrogen) atoms. The van der Waals surface area contributed by atoms with E-state index in [9.17, 15) is 14.4 Å². The number of hydrogen-bond donors (Lipinski definition) is 3. The lowest BCUT2D eigenvalue weighted by Crippen LogP contribution is -2.47. The fraction of sp³-hybridized carbons (Fsp3) is 0.393. The minimum absolute atomic E-state index is 0.0300. The van der Waals surface area contributed by atoms with E-state index in [0.29, 0.717) is 57.1 Å². The average Bonchev–Trinajstić information content (AvgIpc) is 3.18. The summed E-state index contributed by atoms with van der Waals surface area (Å²) in [6.45, 7) is 9.01. The molecule has 1 aromatic heterocycles. The Labute approximate surface area is 217 Å². The fourth-order valence-corrected chi connectivity index (χ4v) is 4.64. The molecule has 0 atom stereocenters. The van der Waals surface area contributed by atoms with Crippen LogP contribution in [0.4, 0.5) is 4.79 Å². The van der Waals surface area contributed by atoms with Gasteiger partial charge >= 0.3 is 11.7 Å². The molecule has 9 heteroatoms. The summed E-state index contributed by atoms with van der Waals surface area (Å²) in [7, 11) is 0. The van der Waals surface area contributed by atoms with E-state index in [0.717, 1.165) is 16.8 Å². The molecule has 3 aromatic rings. The van der Waals surface area contributed by atoms with Crippen LogP contribution in [0.3, 0.4) is 0 Å². The van der Waals surface area contributed by atoms with E-state index in [4.69, 9.17) is 0 Å². The highest BCUT2D eigenvalue weighted by Gasteiger charge is 2.30. The quantitative estimate of drug-likeness (QED) is 0.411. The summed E-state index contributed by atoms with van der Waals surface area (Å²) < 4.78 is 3.25. The topological polar surface area (TPSA) is 100 Å². The van der Waals surface area contributed by atoms with Crippen molar-refractivity contribution in [2.75, 3.05) is 32.7 Å². The molecule has 0 spiro atoms. The van der Waals surface area contributed by atoms with Crippen molar-refractivity contribution in [2.45, 2.75) is 39.8 Å². The molecule has 2 aromatic carbocycles. The van der Waals surface area contributed by atoms with Crippen molar-refractivity contribution < 1.29 is 9.59 Å². The predicted molar refractivity (Wildman–Crippen MR) is 145 cm³/mol. The third-order valence-electron chi connectivity index (χ3n) is 6.41. The van der Waals surface area contributed by atoms with E-state index < -0.39 is 0 Å². The molecule has 3 amide bonds. The molecule has 1 aliphatic rings. The first-order valence-electron chi connectivity index (χ1n) is 12.9. The first-order chi connectivity index (χ1) is 17.9. The number of nitrogens with zero attached hydrogens (tertiary/aromatic N) is 3. The van der Waals surface area contributed by atoms with Crippen molar-refractivity contribution in [3.8, 4) is 16.9 Å². The smallest absolute Gasteiger partial charge is 0.333 e. The number of amides is 3. The van der Waals surface area contributed by atoms with Gasteiger partial charge in [-0.3, -0.25) is 13.9 Å². The molecule has 3 N–H and O–H groups in total. The van der Waals surface area contributed by atoms with E-state index in [2.05, 4.69) is 16.0 Å². The van der Waals surface area contributed by atoms with E-state index in [1.165, 1.54) is 0 Å². The van der Waals surface area contributed by atoms with E-state index in [1.807, 2.05) is 80.3 Å². The molecule has 9 nitrogen and oxygen atoms in total. The van der Waals surface area contributed by atoms with Gasteiger partial charge in [-0.2, -0.15) is 0 Å². The number of aromatic nitrogens is 2. The molecule has 196 valence electrons. The van der Waals surface area contributed by atoms with Crippen LogP contribution in [-0.4, -0.2) is 64.7 Å². The van der Waals surface area contributed by atoms with Gasteiger partial charge in [0, 0.05) is 50.9 Å². The molecule has 2 heterocycles. The Balaban J connectivity index is 1.81. The maximum atomic E-state index is 14.0. The maximum absolute atomic E-state index is 14.0. The number of urea groups is 1. The van der Waals surface area contributed by atoms with Crippen LogP contribution >= 0.6 is 0 Å². The van der Waals surface area contributed by atoms with Crippen molar-refractivity contribution in [2.24, 2.45) is 0 Å². The number of imidazole rings is 1. The molecule has 0 saturated carbocycles. The highest BCUT2D eigenvalue weighted by Crippen LogP contribution is 2.29. The molecule has 1 saturated heterocycles. The summed E-state index contributed by atoms with van der Waals surface area (Å²) in [4.78, 5) is 41.9. The second-order valence-electron chi connectivity index (χ2n) is 9.57. The van der Waals surface area contributed by atoms with Crippen LogP contribution in [0.2, 0.25) is 0 Å². The number of carbonyl (C=O) groups is 2. The number of rotatable bonds is 8. The lowest BCUT2D eigenvalue weighted by molar-refractivity contribution is 0.0725. The van der Waals surface area contributed by atoms with Crippen LogP contribution in [0.25, 0.3) is 16.9 Å². The van der Waals surface area contributed by atoms with Crippen molar-refractivity contribution >= 4 is 11.9 Å². The summed E-state index contributed by atoms with van der Waals surface area (Å²) >= 11 is 0. The zero-order chi connectivity index (χ0) is 26.4. The van der Waals surface area contributed by atoms with Gasteiger partial charge in [0.05, 0.1) is 11.4 Å². The normalized spacial score (nSPS) is 13.6. The van der Waals surface area contributed by atoms with Crippen molar-refractivity contribution in [3.63, 3.8) is 0 Å². The summed E-state index contributed by atoms with van der Waals surface area (Å²) in [5, 5.41) is 8.92. The summed E-state index contributed by atoms with van der Waals surface area (Å²) in [6.07, 6.45) is 0.499. The molecular formula is C28H36N6O3. The first kappa shape index (κ1) is 26.2. The van der Waals surface area contributed by atoms with Gasteiger partial charge in [0.25, 0.3) is 5.91 Å². The molecular weight excluding hydrogens is 468 g/mol. The van der Waals surface area contributed by atoms with E-state index in [1.54, 1.807) is 9.13 Å². The standard InChI is InChI=1S/C28H36N6O3/c1-20(2)31-27(36)30-14-9-17-33-25(26(35)32-18-15-29-16-19-32)24(22-11-5-4-6-12-22)34(28(33)37)23-13-8-7-10-21(23)3/h4-8,10-13,20,29H,9,14-19H2,1-3H3,(H2,30,31,36). The van der Waals surface area contributed by atoms with Gasteiger partial charge in [0.2, 0.25) is 0 Å². The number of aryl methyl sites for hydroxylation is 1. The van der Waals surface area contributed by atoms with Crippen LogP contribution in [-0.2, 0) is 6.54 Å². The minimum Gasteiger partial charge on any atom is -0.338 e. The first-order valence-corrected chi connectivity index (χ1v) is 12.9. The zero-order valence-corrected chi connectivity index (χ0v) is 21.8. The number of hydrogen-bond acceptors (Lipinski definition) is 4. The van der Waals surface area contributed by atoms with Crippen molar-refractivity contribution in [1.82, 2.24) is 30.0 Å². The summed E-state index contributed by atoms with van der Waals surface area (Å²) in [5.41, 5.74) is 3.19. The van der Waals surface area contributed by atoms with Crippen molar-refractivity contribution in [1.29, 1.82) is 0 Å². The summed E-state index contributed by atoms with van der Waals surface area (Å²) in [6, 6.07) is 17.1. The largest absolute Gasteiger partial charge is 0.338 e.